The Morgan fingerprint density at radius 3 is 2.40 bits per heavy atom. The minimum atomic E-state index is 0. The van der Waals surface area contributed by atoms with Crippen LogP contribution in [0.2, 0.25) is 0 Å². The zero-order valence-electron chi connectivity index (χ0n) is 15.4. The van der Waals surface area contributed by atoms with Crippen LogP contribution in [0.15, 0.2) is 23.3 Å². The Bertz CT molecular complexity index is 529. The molecule has 6 heteroatoms. The van der Waals surface area contributed by atoms with Gasteiger partial charge in [0.2, 0.25) is 0 Å². The summed E-state index contributed by atoms with van der Waals surface area (Å²) in [6.07, 6.45) is 9.62. The van der Waals surface area contributed by atoms with Crippen LogP contribution in [-0.2, 0) is 6.54 Å². The van der Waals surface area contributed by atoms with E-state index in [0.717, 1.165) is 43.5 Å². The lowest BCUT2D eigenvalue weighted by Gasteiger charge is -2.31. The fourth-order valence-corrected chi connectivity index (χ4v) is 3.51. The van der Waals surface area contributed by atoms with Crippen molar-refractivity contribution in [1.82, 2.24) is 9.88 Å². The summed E-state index contributed by atoms with van der Waals surface area (Å²) in [5.41, 5.74) is 7.28. The summed E-state index contributed by atoms with van der Waals surface area (Å²) in [5.74, 6) is 2.59. The average molecular weight is 457 g/mol. The Hall–Kier alpha value is -1.05. The maximum atomic E-state index is 6.15. The van der Waals surface area contributed by atoms with Crippen LogP contribution in [-0.4, -0.2) is 42.0 Å². The van der Waals surface area contributed by atoms with Gasteiger partial charge >= 0.3 is 0 Å². The van der Waals surface area contributed by atoms with Gasteiger partial charge in [-0.15, -0.1) is 24.0 Å². The molecule has 0 saturated carbocycles. The fraction of sp³-hybridized carbons (Fsp3) is 0.684. The topological polar surface area (TPSA) is 57.8 Å². The van der Waals surface area contributed by atoms with Gasteiger partial charge in [-0.2, -0.15) is 0 Å². The summed E-state index contributed by atoms with van der Waals surface area (Å²) in [6, 6.07) is 4.28. The van der Waals surface area contributed by atoms with Crippen molar-refractivity contribution in [2.75, 3.05) is 31.1 Å². The molecule has 0 unspecified atom stereocenters. The maximum absolute atomic E-state index is 6.15. The van der Waals surface area contributed by atoms with E-state index in [9.17, 15) is 0 Å². The van der Waals surface area contributed by atoms with E-state index in [0.29, 0.717) is 12.5 Å². The van der Waals surface area contributed by atoms with E-state index >= 15 is 0 Å². The second kappa shape index (κ2) is 10.2. The molecule has 140 valence electrons. The first-order chi connectivity index (χ1) is 11.7. The summed E-state index contributed by atoms with van der Waals surface area (Å²) in [4.78, 5) is 13.8. The molecule has 2 saturated heterocycles. The first-order valence-electron chi connectivity index (χ1n) is 9.47. The second-order valence-corrected chi connectivity index (χ2v) is 7.27. The molecule has 2 N–H and O–H groups in total. The molecular formula is C19H32IN5. The van der Waals surface area contributed by atoms with E-state index in [1.54, 1.807) is 0 Å². The summed E-state index contributed by atoms with van der Waals surface area (Å²) in [7, 11) is 0. The number of anilines is 1. The van der Waals surface area contributed by atoms with E-state index in [-0.39, 0.29) is 24.0 Å². The van der Waals surface area contributed by atoms with E-state index in [1.165, 1.54) is 38.5 Å². The smallest absolute Gasteiger partial charge is 0.191 e. The van der Waals surface area contributed by atoms with Crippen LogP contribution < -0.4 is 10.6 Å². The van der Waals surface area contributed by atoms with Gasteiger partial charge in [-0.25, -0.2) is 9.98 Å². The van der Waals surface area contributed by atoms with Crippen molar-refractivity contribution >= 4 is 35.8 Å². The molecule has 25 heavy (non-hydrogen) atoms. The fourth-order valence-electron chi connectivity index (χ4n) is 3.51. The third-order valence-corrected chi connectivity index (χ3v) is 5.27. The van der Waals surface area contributed by atoms with Crippen LogP contribution in [0.25, 0.3) is 0 Å². The van der Waals surface area contributed by atoms with Gasteiger partial charge in [-0.05, 0) is 43.2 Å². The molecule has 0 aliphatic carbocycles. The Morgan fingerprint density at radius 1 is 1.12 bits per heavy atom. The summed E-state index contributed by atoms with van der Waals surface area (Å²) in [6.45, 7) is 7.24. The Morgan fingerprint density at radius 2 is 1.80 bits per heavy atom. The molecule has 3 rings (SSSR count). The Balaban J connectivity index is 0.00000225. The first-order valence-corrected chi connectivity index (χ1v) is 9.47. The largest absolute Gasteiger partial charge is 0.370 e. The Labute approximate surface area is 169 Å². The number of piperidine rings is 1. The maximum Gasteiger partial charge on any atom is 0.191 e. The SMILES string of the molecule is CC1CCN(C(N)=NCc2ccc(N3CCCCCC3)nc2)CC1.I. The van der Waals surface area contributed by atoms with E-state index in [4.69, 9.17) is 5.73 Å². The van der Waals surface area contributed by atoms with E-state index in [2.05, 4.69) is 38.8 Å². The first kappa shape index (κ1) is 20.3. The lowest BCUT2D eigenvalue weighted by atomic mass is 10.00. The lowest BCUT2D eigenvalue weighted by molar-refractivity contribution is 0.277. The zero-order valence-corrected chi connectivity index (χ0v) is 17.7. The van der Waals surface area contributed by atoms with Crippen molar-refractivity contribution in [3.8, 4) is 0 Å². The number of nitrogens with zero attached hydrogens (tertiary/aromatic N) is 4. The minimum absolute atomic E-state index is 0. The van der Waals surface area contributed by atoms with Crippen molar-refractivity contribution in [3.63, 3.8) is 0 Å². The highest BCUT2D eigenvalue weighted by atomic mass is 127. The van der Waals surface area contributed by atoms with Gasteiger partial charge < -0.3 is 15.5 Å². The number of pyridine rings is 1. The van der Waals surface area contributed by atoms with Crippen LogP contribution in [0.3, 0.4) is 0 Å². The molecule has 0 radical (unpaired) electrons. The van der Waals surface area contributed by atoms with E-state index in [1.807, 2.05) is 6.20 Å². The molecule has 0 spiro atoms. The zero-order chi connectivity index (χ0) is 16.8. The number of guanidine groups is 1. The van der Waals surface area contributed by atoms with Crippen molar-refractivity contribution < 1.29 is 0 Å². The molecule has 3 heterocycles. The van der Waals surface area contributed by atoms with Crippen molar-refractivity contribution in [2.24, 2.45) is 16.6 Å². The predicted molar refractivity (Wildman–Crippen MR) is 116 cm³/mol. The highest BCUT2D eigenvalue weighted by Crippen LogP contribution is 2.18. The number of aromatic nitrogens is 1. The summed E-state index contributed by atoms with van der Waals surface area (Å²) < 4.78 is 0. The summed E-state index contributed by atoms with van der Waals surface area (Å²) >= 11 is 0. The van der Waals surface area contributed by atoms with Gasteiger partial charge in [0.05, 0.1) is 6.54 Å². The highest BCUT2D eigenvalue weighted by molar-refractivity contribution is 14.0. The van der Waals surface area contributed by atoms with Gasteiger partial charge in [-0.3, -0.25) is 0 Å². The summed E-state index contributed by atoms with van der Waals surface area (Å²) in [5, 5.41) is 0. The molecule has 0 aromatic carbocycles. The van der Waals surface area contributed by atoms with Crippen LogP contribution in [0.4, 0.5) is 5.82 Å². The van der Waals surface area contributed by atoms with Gasteiger partial charge in [0.25, 0.3) is 0 Å². The van der Waals surface area contributed by atoms with Crippen LogP contribution in [0, 0.1) is 5.92 Å². The van der Waals surface area contributed by atoms with Gasteiger partial charge in [0.1, 0.15) is 5.82 Å². The van der Waals surface area contributed by atoms with Gasteiger partial charge in [0.15, 0.2) is 5.96 Å². The minimum Gasteiger partial charge on any atom is -0.370 e. The van der Waals surface area contributed by atoms with Crippen molar-refractivity contribution in [2.45, 2.75) is 52.0 Å². The molecule has 2 aliphatic rings. The second-order valence-electron chi connectivity index (χ2n) is 7.27. The van der Waals surface area contributed by atoms with Crippen LogP contribution >= 0.6 is 24.0 Å². The number of hydrogen-bond donors (Lipinski definition) is 1. The number of nitrogens with two attached hydrogens (primary N) is 1. The third kappa shape index (κ3) is 6.01. The van der Waals surface area contributed by atoms with Crippen molar-refractivity contribution in [3.05, 3.63) is 23.9 Å². The quantitative estimate of drug-likeness (QED) is 0.428. The van der Waals surface area contributed by atoms with Crippen LogP contribution in [0.5, 0.6) is 0 Å². The molecule has 1 aromatic rings. The van der Waals surface area contributed by atoms with E-state index < -0.39 is 0 Å². The number of aliphatic imine (C=N–C) groups is 1. The number of halogens is 1. The monoisotopic (exact) mass is 457 g/mol. The molecule has 0 amide bonds. The van der Waals surface area contributed by atoms with Gasteiger partial charge in [-0.1, -0.05) is 25.8 Å². The number of hydrogen-bond acceptors (Lipinski definition) is 3. The highest BCUT2D eigenvalue weighted by Gasteiger charge is 2.17. The number of rotatable bonds is 3. The standard InChI is InChI=1S/C19H31N5.HI/c1-16-8-12-24(13-9-16)19(20)22-15-17-6-7-18(21-14-17)23-10-4-2-3-5-11-23;/h6-7,14,16H,2-5,8-13,15H2,1H3,(H2,20,22);1H. The molecular weight excluding hydrogens is 425 g/mol. The predicted octanol–water partition coefficient (Wildman–Crippen LogP) is 3.63. The molecule has 2 aliphatic heterocycles. The normalized spacial score (nSPS) is 20.1. The molecule has 0 bridgehead atoms. The number of likely N-dealkylation sites (tertiary alicyclic amines) is 1. The third-order valence-electron chi connectivity index (χ3n) is 5.27. The molecule has 0 atom stereocenters. The molecule has 2 fully saturated rings. The Kier molecular flexibility index (Phi) is 8.26. The van der Waals surface area contributed by atoms with Crippen molar-refractivity contribution in [1.29, 1.82) is 0 Å². The average Bonchev–Trinajstić information content (AvgIpc) is 2.90. The molecule has 5 nitrogen and oxygen atoms in total. The van der Waals surface area contributed by atoms with Crippen LogP contribution in [0.1, 0.15) is 51.0 Å². The lowest BCUT2D eigenvalue weighted by Crippen LogP contribution is -2.42. The van der Waals surface area contributed by atoms with Gasteiger partial charge in [0, 0.05) is 32.4 Å². The molecule has 1 aromatic heterocycles.